The highest BCUT2D eigenvalue weighted by Gasteiger charge is 2.31. The SMILES string of the molecule is C=C(O)c1ccc2c(C3CCCCCC3)c3n(c2c1)CC(NC(=O)N1CCOCC1)Cc1ccccc1-3. The maximum Gasteiger partial charge on any atom is 0.317 e. The molecule has 3 aliphatic rings. The molecule has 3 heterocycles. The minimum atomic E-state index is -0.0451. The molecule has 1 saturated heterocycles. The van der Waals surface area contributed by atoms with E-state index in [0.717, 1.165) is 17.5 Å². The Hall–Kier alpha value is -3.25. The first-order chi connectivity index (χ1) is 18.1. The Bertz CT molecular complexity index is 1310. The summed E-state index contributed by atoms with van der Waals surface area (Å²) in [6, 6.07) is 14.9. The second kappa shape index (κ2) is 10.3. The molecule has 6 nitrogen and oxygen atoms in total. The van der Waals surface area contributed by atoms with Gasteiger partial charge in [0.05, 0.1) is 24.9 Å². The van der Waals surface area contributed by atoms with Crippen molar-refractivity contribution >= 4 is 22.7 Å². The lowest BCUT2D eigenvalue weighted by Gasteiger charge is -2.29. The first-order valence-electron chi connectivity index (χ1n) is 13.9. The van der Waals surface area contributed by atoms with Crippen LogP contribution in [0.5, 0.6) is 0 Å². The molecule has 2 N–H and O–H groups in total. The molecule has 37 heavy (non-hydrogen) atoms. The third kappa shape index (κ3) is 4.63. The fourth-order valence-electron chi connectivity index (χ4n) is 6.63. The third-order valence-electron chi connectivity index (χ3n) is 8.47. The number of hydrogen-bond acceptors (Lipinski definition) is 3. The number of aliphatic hydroxyl groups excluding tert-OH is 1. The van der Waals surface area contributed by atoms with Crippen molar-refractivity contribution in [3.05, 3.63) is 65.7 Å². The average Bonchev–Trinajstić information content (AvgIpc) is 3.08. The predicted octanol–water partition coefficient (Wildman–Crippen LogP) is 6.24. The molecule has 0 radical (unpaired) electrons. The molecule has 1 atom stereocenters. The summed E-state index contributed by atoms with van der Waals surface area (Å²) in [6.07, 6.45) is 8.35. The molecule has 0 spiro atoms. The van der Waals surface area contributed by atoms with Crippen LogP contribution in [-0.2, 0) is 17.7 Å². The molecule has 1 saturated carbocycles. The van der Waals surface area contributed by atoms with E-state index in [2.05, 4.69) is 52.9 Å². The highest BCUT2D eigenvalue weighted by molar-refractivity contribution is 5.95. The normalized spacial score (nSPS) is 20.5. The van der Waals surface area contributed by atoms with Gasteiger partial charge in [-0.15, -0.1) is 0 Å². The summed E-state index contributed by atoms with van der Waals surface area (Å²) in [6.45, 7) is 6.90. The third-order valence-corrected chi connectivity index (χ3v) is 8.47. The fraction of sp³-hybridized carbons (Fsp3) is 0.452. The Morgan fingerprint density at radius 2 is 1.78 bits per heavy atom. The van der Waals surface area contributed by atoms with Gasteiger partial charge in [-0.1, -0.05) is 68.7 Å². The molecule has 1 unspecified atom stereocenters. The quantitative estimate of drug-likeness (QED) is 0.331. The van der Waals surface area contributed by atoms with Crippen molar-refractivity contribution in [1.29, 1.82) is 0 Å². The smallest absolute Gasteiger partial charge is 0.317 e. The number of ether oxygens (including phenoxy) is 1. The number of aromatic nitrogens is 1. The Labute approximate surface area is 218 Å². The summed E-state index contributed by atoms with van der Waals surface area (Å²) in [7, 11) is 0. The number of nitrogens with zero attached hydrogens (tertiary/aromatic N) is 2. The van der Waals surface area contributed by atoms with E-state index in [1.54, 1.807) is 0 Å². The first kappa shape index (κ1) is 24.1. The van der Waals surface area contributed by atoms with E-state index in [9.17, 15) is 9.90 Å². The molecule has 6 heteroatoms. The number of fused-ring (bicyclic) bond motifs is 5. The van der Waals surface area contributed by atoms with Crippen LogP contribution in [0.25, 0.3) is 27.9 Å². The van der Waals surface area contributed by atoms with Crippen LogP contribution in [0.15, 0.2) is 49.0 Å². The van der Waals surface area contributed by atoms with Gasteiger partial charge in [0.15, 0.2) is 0 Å². The summed E-state index contributed by atoms with van der Waals surface area (Å²) in [5.41, 5.74) is 7.14. The van der Waals surface area contributed by atoms with Gasteiger partial charge in [0.2, 0.25) is 0 Å². The van der Waals surface area contributed by atoms with Crippen LogP contribution in [0.4, 0.5) is 4.79 Å². The van der Waals surface area contributed by atoms with Crippen molar-refractivity contribution in [2.45, 2.75) is 63.5 Å². The van der Waals surface area contributed by atoms with Crippen molar-refractivity contribution in [3.8, 4) is 11.3 Å². The van der Waals surface area contributed by atoms with E-state index in [-0.39, 0.29) is 17.8 Å². The second-order valence-corrected chi connectivity index (χ2v) is 10.8. The number of carbonyl (C=O) groups is 1. The van der Waals surface area contributed by atoms with Gasteiger partial charge < -0.3 is 24.6 Å². The predicted molar refractivity (Wildman–Crippen MR) is 148 cm³/mol. The molecule has 2 aliphatic heterocycles. The van der Waals surface area contributed by atoms with E-state index in [0.29, 0.717) is 38.8 Å². The highest BCUT2D eigenvalue weighted by Crippen LogP contribution is 2.46. The lowest BCUT2D eigenvalue weighted by atomic mass is 9.86. The zero-order valence-electron chi connectivity index (χ0n) is 21.5. The van der Waals surface area contributed by atoms with E-state index in [1.807, 2.05) is 11.0 Å². The molecule has 3 aromatic rings. The molecule has 1 aromatic heterocycles. The summed E-state index contributed by atoms with van der Waals surface area (Å²) < 4.78 is 7.86. The largest absolute Gasteiger partial charge is 0.508 e. The number of urea groups is 1. The molecule has 0 bridgehead atoms. The molecular formula is C31H37N3O3. The van der Waals surface area contributed by atoms with Crippen molar-refractivity contribution in [3.63, 3.8) is 0 Å². The van der Waals surface area contributed by atoms with Crippen LogP contribution in [0.2, 0.25) is 0 Å². The lowest BCUT2D eigenvalue weighted by Crippen LogP contribution is -2.50. The zero-order chi connectivity index (χ0) is 25.4. The molecule has 194 valence electrons. The molecule has 1 aliphatic carbocycles. The fourth-order valence-corrected chi connectivity index (χ4v) is 6.63. The number of rotatable bonds is 3. The number of carbonyl (C=O) groups excluding carboxylic acids is 1. The van der Waals surface area contributed by atoms with Crippen LogP contribution in [-0.4, -0.2) is 52.9 Å². The lowest BCUT2D eigenvalue weighted by molar-refractivity contribution is 0.0524. The molecule has 6 rings (SSSR count). The van der Waals surface area contributed by atoms with Crippen molar-refractivity contribution in [2.24, 2.45) is 0 Å². The number of nitrogens with one attached hydrogen (secondary N) is 1. The number of hydrogen-bond donors (Lipinski definition) is 2. The molecule has 2 amide bonds. The maximum atomic E-state index is 13.2. The molecule has 2 aromatic carbocycles. The van der Waals surface area contributed by atoms with Crippen LogP contribution >= 0.6 is 0 Å². The Balaban J connectivity index is 1.50. The zero-order valence-corrected chi connectivity index (χ0v) is 21.5. The van der Waals surface area contributed by atoms with Gasteiger partial charge in [0, 0.05) is 41.7 Å². The number of amides is 2. The van der Waals surface area contributed by atoms with E-state index in [4.69, 9.17) is 4.74 Å². The van der Waals surface area contributed by atoms with Crippen LogP contribution in [0.1, 0.15) is 61.1 Å². The standard InChI is InChI=1S/C31H37N3O3/c1-21(35)23-12-13-27-28(19-23)34-20-25(32-31(36)33-14-16-37-17-15-33)18-24-10-6-7-11-26(24)30(34)29(27)22-8-4-2-3-5-9-22/h6-7,10-13,19,22,25,35H,1-5,8-9,14-18,20H2,(H,32,36). The minimum absolute atomic E-state index is 0.0147. The van der Waals surface area contributed by atoms with Gasteiger partial charge in [-0.2, -0.15) is 0 Å². The molecular weight excluding hydrogens is 462 g/mol. The van der Waals surface area contributed by atoms with Crippen LogP contribution in [0.3, 0.4) is 0 Å². The summed E-state index contributed by atoms with van der Waals surface area (Å²) >= 11 is 0. The van der Waals surface area contributed by atoms with Gasteiger partial charge in [0.25, 0.3) is 0 Å². The Morgan fingerprint density at radius 1 is 1.03 bits per heavy atom. The van der Waals surface area contributed by atoms with E-state index >= 15 is 0 Å². The van der Waals surface area contributed by atoms with Gasteiger partial charge in [-0.3, -0.25) is 0 Å². The van der Waals surface area contributed by atoms with Crippen molar-refractivity contribution < 1.29 is 14.6 Å². The van der Waals surface area contributed by atoms with Gasteiger partial charge in [-0.05, 0) is 42.4 Å². The molecule has 2 fully saturated rings. The van der Waals surface area contributed by atoms with E-state index < -0.39 is 0 Å². The number of benzene rings is 2. The highest BCUT2D eigenvalue weighted by atomic mass is 16.5. The topological polar surface area (TPSA) is 66.7 Å². The summed E-state index contributed by atoms with van der Waals surface area (Å²) in [5, 5.41) is 14.9. The maximum absolute atomic E-state index is 13.2. The Morgan fingerprint density at radius 3 is 2.54 bits per heavy atom. The number of morpholine rings is 1. The van der Waals surface area contributed by atoms with Gasteiger partial charge >= 0.3 is 6.03 Å². The monoisotopic (exact) mass is 499 g/mol. The van der Waals surface area contributed by atoms with Crippen LogP contribution < -0.4 is 5.32 Å². The second-order valence-electron chi connectivity index (χ2n) is 10.8. The summed E-state index contributed by atoms with van der Waals surface area (Å²) in [5.74, 6) is 0.594. The minimum Gasteiger partial charge on any atom is -0.508 e. The van der Waals surface area contributed by atoms with Crippen molar-refractivity contribution in [2.75, 3.05) is 26.3 Å². The van der Waals surface area contributed by atoms with E-state index in [1.165, 1.54) is 66.3 Å². The number of aliphatic hydroxyl groups is 1. The van der Waals surface area contributed by atoms with Crippen molar-refractivity contribution in [1.82, 2.24) is 14.8 Å². The average molecular weight is 500 g/mol. The summed E-state index contributed by atoms with van der Waals surface area (Å²) in [4.78, 5) is 15.1. The van der Waals surface area contributed by atoms with Gasteiger partial charge in [-0.25, -0.2) is 4.79 Å². The van der Waals surface area contributed by atoms with Crippen LogP contribution in [0, 0.1) is 0 Å². The first-order valence-corrected chi connectivity index (χ1v) is 13.9. The van der Waals surface area contributed by atoms with Gasteiger partial charge in [0.1, 0.15) is 5.76 Å². The Kier molecular flexibility index (Phi) is 6.68.